The van der Waals surface area contributed by atoms with Crippen molar-refractivity contribution >= 4 is 9.76 Å². The minimum absolute atomic E-state index is 0.530. The van der Waals surface area contributed by atoms with Crippen molar-refractivity contribution in [2.45, 2.75) is 52.0 Å². The van der Waals surface area contributed by atoms with Gasteiger partial charge in [-0.15, -0.1) is 0 Å². The van der Waals surface area contributed by atoms with Gasteiger partial charge in [-0.25, -0.2) is 0 Å². The summed E-state index contributed by atoms with van der Waals surface area (Å²) in [6.07, 6.45) is 7.80. The quantitative estimate of drug-likeness (QED) is 0.250. The summed E-state index contributed by atoms with van der Waals surface area (Å²) in [5.41, 5.74) is 0. The zero-order chi connectivity index (χ0) is 16.8. The smallest absolute Gasteiger partial charge is 0.226 e. The molecular formula is C17H36O5Si. The van der Waals surface area contributed by atoms with Gasteiger partial charge in [0.25, 0.3) is 0 Å². The minimum Gasteiger partial charge on any atom is -0.415 e. The average Bonchev–Trinajstić information content (AvgIpc) is 2.57. The summed E-state index contributed by atoms with van der Waals surface area (Å²) < 4.78 is 26.9. The molecule has 0 aliphatic heterocycles. The Hall–Kier alpha value is 0.0169. The molecular weight excluding hydrogens is 312 g/mol. The molecule has 0 aromatic carbocycles. The van der Waals surface area contributed by atoms with Crippen LogP contribution >= 0.6 is 0 Å². The van der Waals surface area contributed by atoms with E-state index in [1.807, 2.05) is 6.55 Å². The highest BCUT2D eigenvalue weighted by Crippen LogP contribution is 2.04. The Labute approximate surface area is 145 Å². The fourth-order valence-corrected chi connectivity index (χ4v) is 2.24. The first-order valence-corrected chi connectivity index (χ1v) is 10.4. The van der Waals surface area contributed by atoms with E-state index in [2.05, 4.69) is 6.92 Å². The van der Waals surface area contributed by atoms with Crippen molar-refractivity contribution in [2.24, 2.45) is 0 Å². The van der Waals surface area contributed by atoms with Gasteiger partial charge >= 0.3 is 0 Å². The molecule has 0 aliphatic carbocycles. The molecule has 0 aromatic rings. The maximum absolute atomic E-state index is 5.53. The van der Waals surface area contributed by atoms with Crippen LogP contribution in [0.15, 0.2) is 0 Å². The van der Waals surface area contributed by atoms with Gasteiger partial charge in [-0.1, -0.05) is 39.0 Å². The maximum atomic E-state index is 5.53. The molecule has 0 unspecified atom stereocenters. The first kappa shape index (κ1) is 23.0. The zero-order valence-corrected chi connectivity index (χ0v) is 16.1. The lowest BCUT2D eigenvalue weighted by molar-refractivity contribution is -0.00478. The highest BCUT2D eigenvalue weighted by molar-refractivity contribution is 6.24. The van der Waals surface area contributed by atoms with E-state index in [0.29, 0.717) is 62.6 Å². The lowest BCUT2D eigenvalue weighted by Gasteiger charge is -2.07. The molecule has 6 heteroatoms. The number of rotatable bonds is 20. The Bertz CT molecular complexity index is 187. The number of hydrogen-bond acceptors (Lipinski definition) is 5. The fourth-order valence-electron chi connectivity index (χ4n) is 1.95. The SMILES string of the molecule is CCCCCCCCOCCOCCOCCOCCO[Si]C. The molecule has 0 amide bonds. The normalized spacial score (nSPS) is 11.2. The first-order chi connectivity index (χ1) is 11.4. The van der Waals surface area contributed by atoms with Crippen molar-refractivity contribution in [2.75, 3.05) is 59.5 Å². The third-order valence-electron chi connectivity index (χ3n) is 3.23. The van der Waals surface area contributed by atoms with Gasteiger partial charge in [0.2, 0.25) is 9.76 Å². The molecule has 0 spiro atoms. The topological polar surface area (TPSA) is 46.2 Å². The largest absolute Gasteiger partial charge is 0.415 e. The molecule has 0 aliphatic rings. The molecule has 0 fully saturated rings. The first-order valence-electron chi connectivity index (χ1n) is 9.01. The average molecular weight is 349 g/mol. The summed E-state index contributed by atoms with van der Waals surface area (Å²) >= 11 is 0. The van der Waals surface area contributed by atoms with Crippen LogP contribution in [0.1, 0.15) is 45.4 Å². The van der Waals surface area contributed by atoms with E-state index in [0.717, 1.165) is 13.0 Å². The van der Waals surface area contributed by atoms with Crippen LogP contribution in [0.4, 0.5) is 0 Å². The van der Waals surface area contributed by atoms with E-state index in [9.17, 15) is 0 Å². The highest BCUT2D eigenvalue weighted by Gasteiger charge is 1.94. The molecule has 5 nitrogen and oxygen atoms in total. The van der Waals surface area contributed by atoms with Crippen LogP contribution in [0, 0.1) is 0 Å². The summed E-state index contributed by atoms with van der Waals surface area (Å²) in [4.78, 5) is 0. The van der Waals surface area contributed by atoms with E-state index < -0.39 is 0 Å². The second-order valence-electron chi connectivity index (χ2n) is 5.27. The third-order valence-corrected chi connectivity index (χ3v) is 3.73. The van der Waals surface area contributed by atoms with Gasteiger partial charge < -0.3 is 23.4 Å². The zero-order valence-electron chi connectivity index (χ0n) is 15.1. The van der Waals surface area contributed by atoms with E-state index in [1.54, 1.807) is 0 Å². The molecule has 23 heavy (non-hydrogen) atoms. The van der Waals surface area contributed by atoms with Crippen LogP contribution in [0.3, 0.4) is 0 Å². The minimum atomic E-state index is 0.530. The lowest BCUT2D eigenvalue weighted by atomic mass is 10.1. The summed E-state index contributed by atoms with van der Waals surface area (Å²) in [5.74, 6) is 0. The van der Waals surface area contributed by atoms with Gasteiger partial charge in [0.15, 0.2) is 0 Å². The fraction of sp³-hybridized carbons (Fsp3) is 1.00. The maximum Gasteiger partial charge on any atom is 0.226 e. The molecule has 2 radical (unpaired) electrons. The molecule has 0 aromatic heterocycles. The van der Waals surface area contributed by atoms with Gasteiger partial charge in [0, 0.05) is 6.61 Å². The Kier molecular flexibility index (Phi) is 22.0. The second-order valence-corrected chi connectivity index (χ2v) is 5.97. The Balaban J connectivity index is 2.92. The summed E-state index contributed by atoms with van der Waals surface area (Å²) in [6.45, 7) is 10.1. The van der Waals surface area contributed by atoms with Gasteiger partial charge in [-0.05, 0) is 13.0 Å². The molecule has 0 saturated carbocycles. The summed E-state index contributed by atoms with van der Waals surface area (Å²) in [6, 6.07) is 0. The van der Waals surface area contributed by atoms with E-state index in [1.165, 1.54) is 32.1 Å². The van der Waals surface area contributed by atoms with Crippen molar-refractivity contribution < 1.29 is 23.4 Å². The lowest BCUT2D eigenvalue weighted by Crippen LogP contribution is -2.13. The van der Waals surface area contributed by atoms with Crippen molar-refractivity contribution in [1.29, 1.82) is 0 Å². The van der Waals surface area contributed by atoms with Gasteiger partial charge in [-0.2, -0.15) is 0 Å². The number of hydrogen-bond donors (Lipinski definition) is 0. The van der Waals surface area contributed by atoms with Crippen LogP contribution < -0.4 is 0 Å². The van der Waals surface area contributed by atoms with Crippen molar-refractivity contribution in [3.8, 4) is 0 Å². The van der Waals surface area contributed by atoms with Crippen molar-refractivity contribution in [1.82, 2.24) is 0 Å². The number of unbranched alkanes of at least 4 members (excludes halogenated alkanes) is 5. The Morgan fingerprint density at radius 3 is 1.48 bits per heavy atom. The standard InChI is InChI=1S/C17H36O5Si/c1-3-4-5-6-7-8-9-18-10-11-19-12-13-20-14-15-21-16-17-22-23-2/h3-17H2,1-2H3. The van der Waals surface area contributed by atoms with Crippen molar-refractivity contribution in [3.05, 3.63) is 0 Å². The molecule has 0 atom stereocenters. The predicted molar refractivity (Wildman–Crippen MR) is 94.2 cm³/mol. The van der Waals surface area contributed by atoms with Crippen LogP contribution in [0.25, 0.3) is 0 Å². The second kappa shape index (κ2) is 22.0. The van der Waals surface area contributed by atoms with E-state index in [-0.39, 0.29) is 0 Å². The summed E-state index contributed by atoms with van der Waals surface area (Å²) in [7, 11) is 0.530. The molecule has 0 N–H and O–H groups in total. The van der Waals surface area contributed by atoms with Gasteiger partial charge in [-0.3, -0.25) is 0 Å². The molecule has 0 heterocycles. The van der Waals surface area contributed by atoms with Gasteiger partial charge in [0.05, 0.1) is 52.9 Å². The van der Waals surface area contributed by atoms with Crippen LogP contribution in [0.5, 0.6) is 0 Å². The number of ether oxygens (including phenoxy) is 4. The Morgan fingerprint density at radius 1 is 0.522 bits per heavy atom. The summed E-state index contributed by atoms with van der Waals surface area (Å²) in [5, 5.41) is 0. The molecule has 0 bridgehead atoms. The third kappa shape index (κ3) is 22.0. The Morgan fingerprint density at radius 2 is 0.957 bits per heavy atom. The predicted octanol–water partition coefficient (Wildman–Crippen LogP) is 3.10. The van der Waals surface area contributed by atoms with E-state index in [4.69, 9.17) is 23.4 Å². The van der Waals surface area contributed by atoms with Crippen molar-refractivity contribution in [3.63, 3.8) is 0 Å². The highest BCUT2D eigenvalue weighted by atomic mass is 28.2. The molecule has 0 rings (SSSR count). The van der Waals surface area contributed by atoms with Crippen LogP contribution in [0.2, 0.25) is 6.55 Å². The van der Waals surface area contributed by atoms with Crippen LogP contribution in [-0.2, 0) is 23.4 Å². The molecule has 0 saturated heterocycles. The van der Waals surface area contributed by atoms with Crippen LogP contribution in [-0.4, -0.2) is 69.2 Å². The molecule has 138 valence electrons. The van der Waals surface area contributed by atoms with E-state index >= 15 is 0 Å². The monoisotopic (exact) mass is 348 g/mol. The van der Waals surface area contributed by atoms with Gasteiger partial charge in [0.1, 0.15) is 0 Å².